The van der Waals surface area contributed by atoms with Gasteiger partial charge in [-0.2, -0.15) is 0 Å². The SMILES string of the molecule is O=CC[C@@H]1[C@@H](C(=CCCC2CCCCC2)OC2CCCCO2)[C@H](OC2CCCCO2)C[C@@H]1O. The highest BCUT2D eigenvalue weighted by atomic mass is 16.7. The van der Waals surface area contributed by atoms with Crippen LogP contribution < -0.4 is 0 Å². The van der Waals surface area contributed by atoms with Gasteiger partial charge in [0.1, 0.15) is 12.0 Å². The molecule has 6 heteroatoms. The van der Waals surface area contributed by atoms with Gasteiger partial charge in [-0.3, -0.25) is 0 Å². The number of ether oxygens (including phenoxy) is 4. The summed E-state index contributed by atoms with van der Waals surface area (Å²) in [6, 6.07) is 0. The van der Waals surface area contributed by atoms with Crippen molar-refractivity contribution in [3.05, 3.63) is 11.8 Å². The van der Waals surface area contributed by atoms with Crippen molar-refractivity contribution in [1.82, 2.24) is 0 Å². The van der Waals surface area contributed by atoms with Gasteiger partial charge < -0.3 is 28.8 Å². The Balaban J connectivity index is 1.50. The molecule has 6 atom stereocenters. The molecule has 0 aromatic rings. The molecule has 2 aliphatic carbocycles. The van der Waals surface area contributed by atoms with Crippen LogP contribution in [-0.4, -0.2) is 49.4 Å². The van der Waals surface area contributed by atoms with Crippen molar-refractivity contribution < 1.29 is 28.8 Å². The Morgan fingerprint density at radius 3 is 2.27 bits per heavy atom. The third-order valence-electron chi connectivity index (χ3n) is 8.04. The van der Waals surface area contributed by atoms with Crippen LogP contribution in [0.4, 0.5) is 0 Å². The number of carbonyl (C=O) groups excluding carboxylic acids is 1. The van der Waals surface area contributed by atoms with Crippen LogP contribution in [0.5, 0.6) is 0 Å². The number of rotatable bonds is 10. The first kappa shape index (κ1) is 25.2. The zero-order valence-corrected chi connectivity index (χ0v) is 20.2. The maximum absolute atomic E-state index is 11.5. The topological polar surface area (TPSA) is 74.2 Å². The zero-order chi connectivity index (χ0) is 22.9. The summed E-state index contributed by atoms with van der Waals surface area (Å²) in [5.41, 5.74) is 0. The van der Waals surface area contributed by atoms with Crippen molar-refractivity contribution in [3.63, 3.8) is 0 Å². The van der Waals surface area contributed by atoms with Crippen molar-refractivity contribution in [2.45, 2.75) is 121 Å². The minimum atomic E-state index is -0.577. The molecule has 0 aromatic heterocycles. The van der Waals surface area contributed by atoms with Crippen LogP contribution in [0.15, 0.2) is 11.8 Å². The molecule has 0 bridgehead atoms. The van der Waals surface area contributed by atoms with Crippen molar-refractivity contribution in [2.75, 3.05) is 13.2 Å². The molecule has 1 N–H and O–H groups in total. The van der Waals surface area contributed by atoms with Gasteiger partial charge in [-0.25, -0.2) is 0 Å². The smallest absolute Gasteiger partial charge is 0.199 e. The standard InChI is InChI=1S/C27H44O6/c28-16-15-21-22(29)19-24(33-26-14-5-7-18-31-26)27(21)23(32-25-13-4-6-17-30-25)12-8-11-20-9-2-1-3-10-20/h12,16,20-22,24-27,29H,1-11,13-15,17-19H2/t21-,22-,24+,25?,26?,27-/m0/s1. The Morgan fingerprint density at radius 1 is 0.909 bits per heavy atom. The molecule has 4 fully saturated rings. The van der Waals surface area contributed by atoms with Gasteiger partial charge >= 0.3 is 0 Å². The molecule has 4 rings (SSSR count). The van der Waals surface area contributed by atoms with Crippen LogP contribution >= 0.6 is 0 Å². The van der Waals surface area contributed by atoms with E-state index in [1.54, 1.807) is 0 Å². The van der Waals surface area contributed by atoms with Crippen LogP contribution in [0, 0.1) is 17.8 Å². The Labute approximate surface area is 199 Å². The lowest BCUT2D eigenvalue weighted by Crippen LogP contribution is -2.34. The molecule has 2 heterocycles. The Morgan fingerprint density at radius 2 is 1.61 bits per heavy atom. The highest BCUT2D eigenvalue weighted by Gasteiger charge is 2.47. The number of hydrogen-bond acceptors (Lipinski definition) is 6. The molecule has 0 amide bonds. The van der Waals surface area contributed by atoms with E-state index >= 15 is 0 Å². The largest absolute Gasteiger partial charge is 0.469 e. The van der Waals surface area contributed by atoms with E-state index in [9.17, 15) is 9.90 Å². The van der Waals surface area contributed by atoms with E-state index in [1.807, 2.05) is 0 Å². The van der Waals surface area contributed by atoms with Crippen molar-refractivity contribution in [3.8, 4) is 0 Å². The van der Waals surface area contributed by atoms with Gasteiger partial charge in [-0.15, -0.1) is 0 Å². The molecule has 4 aliphatic rings. The van der Waals surface area contributed by atoms with E-state index in [4.69, 9.17) is 18.9 Å². The predicted molar refractivity (Wildman–Crippen MR) is 125 cm³/mol. The fraction of sp³-hybridized carbons (Fsp3) is 0.889. The third kappa shape index (κ3) is 7.27. The average molecular weight is 465 g/mol. The van der Waals surface area contributed by atoms with Crippen LogP contribution in [-0.2, 0) is 23.7 Å². The fourth-order valence-electron chi connectivity index (χ4n) is 6.19. The summed E-state index contributed by atoms with van der Waals surface area (Å²) in [7, 11) is 0. The summed E-state index contributed by atoms with van der Waals surface area (Å²) in [4.78, 5) is 11.5. The summed E-state index contributed by atoms with van der Waals surface area (Å²) >= 11 is 0. The molecule has 0 radical (unpaired) electrons. The second-order valence-electron chi connectivity index (χ2n) is 10.5. The number of hydrogen-bond donors (Lipinski definition) is 1. The van der Waals surface area contributed by atoms with E-state index in [0.29, 0.717) is 12.8 Å². The summed E-state index contributed by atoms with van der Waals surface area (Å²) in [5, 5.41) is 10.9. The average Bonchev–Trinajstić information content (AvgIpc) is 3.15. The summed E-state index contributed by atoms with van der Waals surface area (Å²) in [5.74, 6) is 1.32. The number of aliphatic hydroxyl groups is 1. The molecule has 0 spiro atoms. The molecular weight excluding hydrogens is 420 g/mol. The second-order valence-corrected chi connectivity index (χ2v) is 10.5. The van der Waals surface area contributed by atoms with Crippen molar-refractivity contribution in [1.29, 1.82) is 0 Å². The minimum Gasteiger partial charge on any atom is -0.469 e. The normalized spacial score (nSPS) is 36.6. The molecule has 188 valence electrons. The lowest BCUT2D eigenvalue weighted by molar-refractivity contribution is -0.201. The molecule has 2 saturated carbocycles. The van der Waals surface area contributed by atoms with Gasteiger partial charge in [-0.1, -0.05) is 32.1 Å². The fourth-order valence-corrected chi connectivity index (χ4v) is 6.19. The first-order valence-corrected chi connectivity index (χ1v) is 13.6. The summed E-state index contributed by atoms with van der Waals surface area (Å²) < 4.78 is 24.7. The van der Waals surface area contributed by atoms with Crippen LogP contribution in [0.1, 0.15) is 96.3 Å². The zero-order valence-electron chi connectivity index (χ0n) is 20.2. The van der Waals surface area contributed by atoms with E-state index in [1.165, 1.54) is 38.5 Å². The van der Waals surface area contributed by atoms with E-state index in [0.717, 1.165) is 76.1 Å². The quantitative estimate of drug-likeness (QED) is 0.351. The molecule has 2 aliphatic heterocycles. The Hall–Kier alpha value is -0.950. The Bertz CT molecular complexity index is 604. The maximum Gasteiger partial charge on any atom is 0.199 e. The number of allylic oxidation sites excluding steroid dienone is 1. The minimum absolute atomic E-state index is 0.146. The first-order chi connectivity index (χ1) is 16.2. The van der Waals surface area contributed by atoms with Crippen LogP contribution in [0.3, 0.4) is 0 Å². The maximum atomic E-state index is 11.5. The van der Waals surface area contributed by atoms with E-state index in [-0.39, 0.29) is 30.5 Å². The third-order valence-corrected chi connectivity index (χ3v) is 8.04. The van der Waals surface area contributed by atoms with Crippen molar-refractivity contribution >= 4 is 6.29 Å². The number of aldehydes is 1. The second kappa shape index (κ2) is 13.2. The predicted octanol–water partition coefficient (Wildman–Crippen LogP) is 5.27. The van der Waals surface area contributed by atoms with E-state index in [2.05, 4.69) is 6.08 Å². The molecule has 6 nitrogen and oxygen atoms in total. The van der Waals surface area contributed by atoms with Gasteiger partial charge in [0.2, 0.25) is 0 Å². The van der Waals surface area contributed by atoms with Crippen LogP contribution in [0.2, 0.25) is 0 Å². The molecular formula is C27H44O6. The molecule has 0 aromatic carbocycles. The van der Waals surface area contributed by atoms with Gasteiger partial charge in [-0.05, 0) is 56.9 Å². The monoisotopic (exact) mass is 464 g/mol. The van der Waals surface area contributed by atoms with Gasteiger partial charge in [0, 0.05) is 37.7 Å². The molecule has 2 saturated heterocycles. The highest BCUT2D eigenvalue weighted by molar-refractivity contribution is 5.50. The molecule has 2 unspecified atom stereocenters. The van der Waals surface area contributed by atoms with Gasteiger partial charge in [0.05, 0.1) is 18.8 Å². The van der Waals surface area contributed by atoms with Crippen LogP contribution in [0.25, 0.3) is 0 Å². The van der Waals surface area contributed by atoms with Crippen molar-refractivity contribution in [2.24, 2.45) is 17.8 Å². The van der Waals surface area contributed by atoms with Gasteiger partial charge in [0.15, 0.2) is 12.6 Å². The summed E-state index contributed by atoms with van der Waals surface area (Å²) in [6.07, 6.45) is 17.7. The Kier molecular flexibility index (Phi) is 10.1. The number of aliphatic hydroxyl groups excluding tert-OH is 1. The lowest BCUT2D eigenvalue weighted by atomic mass is 9.85. The molecule has 33 heavy (non-hydrogen) atoms. The lowest BCUT2D eigenvalue weighted by Gasteiger charge is -2.33. The summed E-state index contributed by atoms with van der Waals surface area (Å²) in [6.45, 7) is 1.44. The van der Waals surface area contributed by atoms with E-state index < -0.39 is 6.10 Å². The highest BCUT2D eigenvalue weighted by Crippen LogP contribution is 2.43. The first-order valence-electron chi connectivity index (χ1n) is 13.6. The number of carbonyl (C=O) groups is 1. The van der Waals surface area contributed by atoms with Gasteiger partial charge in [0.25, 0.3) is 0 Å².